The summed E-state index contributed by atoms with van der Waals surface area (Å²) in [5, 5.41) is 3.40. The van der Waals surface area contributed by atoms with Crippen LogP contribution < -0.4 is 5.32 Å². The molecule has 1 fully saturated rings. The highest BCUT2D eigenvalue weighted by molar-refractivity contribution is 4.89. The number of nitrogens with one attached hydrogen (secondary N) is 1. The van der Waals surface area contributed by atoms with E-state index >= 15 is 0 Å². The van der Waals surface area contributed by atoms with Crippen LogP contribution in [0.1, 0.15) is 40.0 Å². The summed E-state index contributed by atoms with van der Waals surface area (Å²) < 4.78 is 0. The highest BCUT2D eigenvalue weighted by Gasteiger charge is 2.33. The first-order valence-corrected chi connectivity index (χ1v) is 5.99. The van der Waals surface area contributed by atoms with Crippen LogP contribution in [0.5, 0.6) is 0 Å². The van der Waals surface area contributed by atoms with Crippen molar-refractivity contribution in [2.45, 2.75) is 58.2 Å². The Morgan fingerprint density at radius 1 is 1.43 bits per heavy atom. The van der Waals surface area contributed by atoms with Gasteiger partial charge in [0, 0.05) is 18.1 Å². The maximum atomic E-state index is 3.40. The SMILES string of the molecule is CCC(C[C@@H]1C[C@H](C)C(C)N1C)NC. The zero-order valence-electron chi connectivity index (χ0n) is 10.4. The molecular formula is C12H26N2. The van der Waals surface area contributed by atoms with E-state index in [1.54, 1.807) is 0 Å². The monoisotopic (exact) mass is 198 g/mol. The van der Waals surface area contributed by atoms with Crippen LogP contribution in [0.15, 0.2) is 0 Å². The van der Waals surface area contributed by atoms with Crippen molar-refractivity contribution in [3.63, 3.8) is 0 Å². The summed E-state index contributed by atoms with van der Waals surface area (Å²) in [6.07, 6.45) is 3.91. The van der Waals surface area contributed by atoms with Gasteiger partial charge in [-0.2, -0.15) is 0 Å². The van der Waals surface area contributed by atoms with E-state index in [4.69, 9.17) is 0 Å². The van der Waals surface area contributed by atoms with E-state index in [1.807, 2.05) is 0 Å². The van der Waals surface area contributed by atoms with Gasteiger partial charge in [-0.1, -0.05) is 13.8 Å². The topological polar surface area (TPSA) is 15.3 Å². The molecule has 1 saturated heterocycles. The first-order valence-electron chi connectivity index (χ1n) is 5.99. The molecular weight excluding hydrogens is 172 g/mol. The normalized spacial score (nSPS) is 36.2. The lowest BCUT2D eigenvalue weighted by Crippen LogP contribution is -2.37. The van der Waals surface area contributed by atoms with Crippen LogP contribution in [-0.4, -0.2) is 37.1 Å². The number of nitrogens with zero attached hydrogens (tertiary/aromatic N) is 1. The molecule has 0 saturated carbocycles. The number of likely N-dealkylation sites (tertiary alicyclic amines) is 1. The largest absolute Gasteiger partial charge is 0.317 e. The molecule has 2 unspecified atom stereocenters. The Hall–Kier alpha value is -0.0800. The fraction of sp³-hybridized carbons (Fsp3) is 1.00. The molecule has 4 atom stereocenters. The Labute approximate surface area is 89.1 Å². The van der Waals surface area contributed by atoms with Gasteiger partial charge in [0.15, 0.2) is 0 Å². The summed E-state index contributed by atoms with van der Waals surface area (Å²) in [4.78, 5) is 2.56. The highest BCUT2D eigenvalue weighted by atomic mass is 15.2. The van der Waals surface area contributed by atoms with Gasteiger partial charge in [-0.15, -0.1) is 0 Å². The molecule has 2 nitrogen and oxygen atoms in total. The molecule has 0 bridgehead atoms. The molecule has 1 aliphatic heterocycles. The van der Waals surface area contributed by atoms with Crippen LogP contribution in [0.25, 0.3) is 0 Å². The molecule has 0 aromatic rings. The quantitative estimate of drug-likeness (QED) is 0.744. The molecule has 0 aliphatic carbocycles. The van der Waals surface area contributed by atoms with Crippen molar-refractivity contribution in [1.29, 1.82) is 0 Å². The van der Waals surface area contributed by atoms with Crippen molar-refractivity contribution in [3.05, 3.63) is 0 Å². The van der Waals surface area contributed by atoms with E-state index in [0.29, 0.717) is 6.04 Å². The predicted octanol–water partition coefficient (Wildman–Crippen LogP) is 2.10. The molecule has 0 amide bonds. The van der Waals surface area contributed by atoms with E-state index in [1.165, 1.54) is 19.3 Å². The Kier molecular flexibility index (Phi) is 4.39. The molecule has 1 N–H and O–H groups in total. The lowest BCUT2D eigenvalue weighted by atomic mass is 9.98. The Balaban J connectivity index is 2.46. The summed E-state index contributed by atoms with van der Waals surface area (Å²) in [6.45, 7) is 7.00. The highest BCUT2D eigenvalue weighted by Crippen LogP contribution is 2.30. The standard InChI is InChI=1S/C12H26N2/c1-6-11(13-4)8-12-7-9(2)10(3)14(12)5/h9-13H,6-8H2,1-5H3/t9-,10?,11?,12-/m0/s1. The third-order valence-electron chi connectivity index (χ3n) is 4.14. The van der Waals surface area contributed by atoms with Crippen LogP contribution in [0, 0.1) is 5.92 Å². The average molecular weight is 198 g/mol. The predicted molar refractivity (Wildman–Crippen MR) is 62.5 cm³/mol. The lowest BCUT2D eigenvalue weighted by Gasteiger charge is -2.27. The molecule has 0 spiro atoms. The van der Waals surface area contributed by atoms with Crippen LogP contribution in [0.2, 0.25) is 0 Å². The maximum absolute atomic E-state index is 3.40. The van der Waals surface area contributed by atoms with Gasteiger partial charge in [-0.05, 0) is 46.2 Å². The van der Waals surface area contributed by atoms with Crippen molar-refractivity contribution in [2.75, 3.05) is 14.1 Å². The average Bonchev–Trinajstić information content (AvgIpc) is 2.42. The molecule has 0 aromatic heterocycles. The van der Waals surface area contributed by atoms with E-state index in [-0.39, 0.29) is 0 Å². The van der Waals surface area contributed by atoms with E-state index in [2.05, 4.69) is 45.1 Å². The zero-order chi connectivity index (χ0) is 10.7. The summed E-state index contributed by atoms with van der Waals surface area (Å²) >= 11 is 0. The fourth-order valence-electron chi connectivity index (χ4n) is 2.61. The summed E-state index contributed by atoms with van der Waals surface area (Å²) in [5.74, 6) is 0.861. The molecule has 2 heteroatoms. The molecule has 0 radical (unpaired) electrons. The van der Waals surface area contributed by atoms with Crippen LogP contribution in [0.3, 0.4) is 0 Å². The minimum absolute atomic E-state index is 0.694. The molecule has 84 valence electrons. The minimum atomic E-state index is 0.694. The summed E-state index contributed by atoms with van der Waals surface area (Å²) in [6, 6.07) is 2.24. The number of hydrogen-bond donors (Lipinski definition) is 1. The van der Waals surface area contributed by atoms with Gasteiger partial charge in [0.05, 0.1) is 0 Å². The van der Waals surface area contributed by atoms with E-state index < -0.39 is 0 Å². The Morgan fingerprint density at radius 2 is 2.07 bits per heavy atom. The first-order chi connectivity index (χ1) is 6.60. The van der Waals surface area contributed by atoms with Crippen molar-refractivity contribution in [1.82, 2.24) is 10.2 Å². The molecule has 1 heterocycles. The zero-order valence-corrected chi connectivity index (χ0v) is 10.4. The van der Waals surface area contributed by atoms with Crippen LogP contribution in [0.4, 0.5) is 0 Å². The number of hydrogen-bond acceptors (Lipinski definition) is 2. The van der Waals surface area contributed by atoms with Gasteiger partial charge in [0.25, 0.3) is 0 Å². The minimum Gasteiger partial charge on any atom is -0.317 e. The second kappa shape index (κ2) is 5.13. The smallest absolute Gasteiger partial charge is 0.0113 e. The third kappa shape index (κ3) is 2.48. The van der Waals surface area contributed by atoms with Gasteiger partial charge < -0.3 is 10.2 Å². The summed E-state index contributed by atoms with van der Waals surface area (Å²) in [5.41, 5.74) is 0. The lowest BCUT2D eigenvalue weighted by molar-refractivity contribution is 0.219. The van der Waals surface area contributed by atoms with E-state index in [9.17, 15) is 0 Å². The van der Waals surface area contributed by atoms with Crippen molar-refractivity contribution in [2.24, 2.45) is 5.92 Å². The van der Waals surface area contributed by atoms with Gasteiger partial charge in [0.1, 0.15) is 0 Å². The molecule has 1 aliphatic rings. The van der Waals surface area contributed by atoms with Gasteiger partial charge >= 0.3 is 0 Å². The Morgan fingerprint density at radius 3 is 2.43 bits per heavy atom. The summed E-state index contributed by atoms with van der Waals surface area (Å²) in [7, 11) is 4.36. The maximum Gasteiger partial charge on any atom is 0.0113 e. The number of rotatable bonds is 4. The first kappa shape index (κ1) is 12.0. The molecule has 0 aromatic carbocycles. The van der Waals surface area contributed by atoms with Crippen molar-refractivity contribution >= 4 is 0 Å². The van der Waals surface area contributed by atoms with Gasteiger partial charge in [-0.25, -0.2) is 0 Å². The van der Waals surface area contributed by atoms with Gasteiger partial charge in [0.2, 0.25) is 0 Å². The van der Waals surface area contributed by atoms with E-state index in [0.717, 1.165) is 18.0 Å². The van der Waals surface area contributed by atoms with Gasteiger partial charge in [-0.3, -0.25) is 0 Å². The van der Waals surface area contributed by atoms with Crippen LogP contribution in [-0.2, 0) is 0 Å². The van der Waals surface area contributed by atoms with Crippen molar-refractivity contribution < 1.29 is 0 Å². The molecule has 1 rings (SSSR count). The Bertz CT molecular complexity index is 166. The van der Waals surface area contributed by atoms with Crippen molar-refractivity contribution in [3.8, 4) is 0 Å². The third-order valence-corrected chi connectivity index (χ3v) is 4.14. The second-order valence-corrected chi connectivity index (χ2v) is 4.90. The fourth-order valence-corrected chi connectivity index (χ4v) is 2.61. The molecule has 14 heavy (non-hydrogen) atoms. The second-order valence-electron chi connectivity index (χ2n) is 4.90. The van der Waals surface area contributed by atoms with Crippen LogP contribution >= 0.6 is 0 Å².